The van der Waals surface area contributed by atoms with Gasteiger partial charge in [-0.05, 0) is 19.3 Å². The zero-order valence-electron chi connectivity index (χ0n) is 5.19. The van der Waals surface area contributed by atoms with E-state index in [4.69, 9.17) is 23.2 Å². The van der Waals surface area contributed by atoms with Crippen molar-refractivity contribution < 1.29 is 0 Å². The molecular weight excluding hydrogens is 155 g/mol. The Balaban J connectivity index is 2.43. The maximum Gasteiger partial charge on any atom is 0.0516 e. The molecule has 0 fully saturated rings. The van der Waals surface area contributed by atoms with Crippen molar-refractivity contribution in [2.75, 3.05) is 0 Å². The Morgan fingerprint density at radius 1 is 1.00 bits per heavy atom. The van der Waals surface area contributed by atoms with Crippen LogP contribution in [0.4, 0.5) is 0 Å². The summed E-state index contributed by atoms with van der Waals surface area (Å²) in [6, 6.07) is 0. The SMILES string of the molecule is ClC1C=CC(Cl)CCC1. The Morgan fingerprint density at radius 2 is 1.44 bits per heavy atom. The summed E-state index contributed by atoms with van der Waals surface area (Å²) in [6.07, 6.45) is 7.27. The number of hydrogen-bond donors (Lipinski definition) is 0. The lowest BCUT2D eigenvalue weighted by Crippen LogP contribution is -1.90. The van der Waals surface area contributed by atoms with Crippen LogP contribution in [-0.2, 0) is 0 Å². The van der Waals surface area contributed by atoms with Crippen LogP contribution in [0.15, 0.2) is 12.2 Å². The fourth-order valence-corrected chi connectivity index (χ4v) is 1.42. The minimum atomic E-state index is 0.216. The summed E-state index contributed by atoms with van der Waals surface area (Å²) in [5, 5.41) is 0.433. The monoisotopic (exact) mass is 164 g/mol. The summed E-state index contributed by atoms with van der Waals surface area (Å²) in [5.74, 6) is 0. The molecule has 0 saturated carbocycles. The third kappa shape index (κ3) is 2.59. The second kappa shape index (κ2) is 3.48. The molecule has 2 heteroatoms. The molecule has 1 rings (SSSR count). The Labute approximate surface area is 65.8 Å². The molecule has 0 spiro atoms. The number of alkyl halides is 2. The van der Waals surface area contributed by atoms with Gasteiger partial charge in [-0.25, -0.2) is 0 Å². The van der Waals surface area contributed by atoms with Gasteiger partial charge in [0.05, 0.1) is 10.8 Å². The highest BCUT2D eigenvalue weighted by Crippen LogP contribution is 2.18. The van der Waals surface area contributed by atoms with Crippen molar-refractivity contribution in [2.24, 2.45) is 0 Å². The Morgan fingerprint density at radius 3 is 1.89 bits per heavy atom. The second-order valence-corrected chi connectivity index (χ2v) is 3.47. The third-order valence-corrected chi connectivity index (χ3v) is 2.22. The van der Waals surface area contributed by atoms with E-state index in [0.29, 0.717) is 0 Å². The van der Waals surface area contributed by atoms with Crippen molar-refractivity contribution in [3.8, 4) is 0 Å². The van der Waals surface area contributed by atoms with Gasteiger partial charge in [0.2, 0.25) is 0 Å². The van der Waals surface area contributed by atoms with Crippen molar-refractivity contribution in [3.63, 3.8) is 0 Å². The number of allylic oxidation sites excluding steroid dienone is 2. The maximum atomic E-state index is 5.84. The van der Waals surface area contributed by atoms with Crippen molar-refractivity contribution >= 4 is 23.2 Å². The van der Waals surface area contributed by atoms with Crippen LogP contribution in [-0.4, -0.2) is 10.8 Å². The number of rotatable bonds is 0. The van der Waals surface area contributed by atoms with Gasteiger partial charge in [-0.1, -0.05) is 12.2 Å². The van der Waals surface area contributed by atoms with Crippen LogP contribution in [0.2, 0.25) is 0 Å². The van der Waals surface area contributed by atoms with Crippen LogP contribution < -0.4 is 0 Å². The van der Waals surface area contributed by atoms with E-state index in [1.807, 2.05) is 12.2 Å². The van der Waals surface area contributed by atoms with Crippen LogP contribution in [0.1, 0.15) is 19.3 Å². The average molecular weight is 165 g/mol. The molecule has 0 aromatic heterocycles. The average Bonchev–Trinajstić information content (AvgIpc) is 1.97. The number of hydrogen-bond acceptors (Lipinski definition) is 0. The van der Waals surface area contributed by atoms with Gasteiger partial charge < -0.3 is 0 Å². The van der Waals surface area contributed by atoms with Gasteiger partial charge in [0, 0.05) is 0 Å². The van der Waals surface area contributed by atoms with E-state index in [0.717, 1.165) is 19.3 Å². The molecule has 0 aliphatic heterocycles. The Kier molecular flexibility index (Phi) is 2.87. The summed E-state index contributed by atoms with van der Waals surface area (Å²) in [7, 11) is 0. The quantitative estimate of drug-likeness (QED) is 0.382. The molecule has 2 unspecified atom stereocenters. The Bertz CT molecular complexity index is 97.5. The van der Waals surface area contributed by atoms with Gasteiger partial charge in [-0.2, -0.15) is 0 Å². The van der Waals surface area contributed by atoms with E-state index < -0.39 is 0 Å². The topological polar surface area (TPSA) is 0 Å². The van der Waals surface area contributed by atoms with Crippen LogP contribution in [0.5, 0.6) is 0 Å². The summed E-state index contributed by atoms with van der Waals surface area (Å²) < 4.78 is 0. The highest BCUT2D eigenvalue weighted by Gasteiger charge is 2.08. The molecule has 1 aliphatic carbocycles. The van der Waals surface area contributed by atoms with Crippen LogP contribution in [0.3, 0.4) is 0 Å². The van der Waals surface area contributed by atoms with Crippen LogP contribution >= 0.6 is 23.2 Å². The smallest absolute Gasteiger partial charge is 0.0516 e. The van der Waals surface area contributed by atoms with Crippen molar-refractivity contribution in [1.29, 1.82) is 0 Å². The first-order valence-corrected chi connectivity index (χ1v) is 4.13. The van der Waals surface area contributed by atoms with Crippen molar-refractivity contribution in [3.05, 3.63) is 12.2 Å². The van der Waals surface area contributed by atoms with Crippen molar-refractivity contribution in [2.45, 2.75) is 30.0 Å². The lowest BCUT2D eigenvalue weighted by Gasteiger charge is -1.97. The van der Waals surface area contributed by atoms with Crippen LogP contribution in [0.25, 0.3) is 0 Å². The van der Waals surface area contributed by atoms with Crippen molar-refractivity contribution in [1.82, 2.24) is 0 Å². The second-order valence-electron chi connectivity index (χ2n) is 2.35. The Hall–Kier alpha value is 0.320. The molecule has 0 saturated heterocycles. The van der Waals surface area contributed by atoms with Gasteiger partial charge in [-0.15, -0.1) is 23.2 Å². The molecule has 0 nitrogen and oxygen atoms in total. The molecular formula is C7H10Cl2. The highest BCUT2D eigenvalue weighted by molar-refractivity contribution is 6.23. The van der Waals surface area contributed by atoms with E-state index >= 15 is 0 Å². The van der Waals surface area contributed by atoms with Gasteiger partial charge in [-0.3, -0.25) is 0 Å². The maximum absolute atomic E-state index is 5.84. The third-order valence-electron chi connectivity index (χ3n) is 1.49. The standard InChI is InChI=1S/C7H10Cl2/c8-6-2-1-3-7(9)5-4-6/h4-7H,1-3H2. The first-order chi connectivity index (χ1) is 4.29. The first kappa shape index (κ1) is 7.43. The molecule has 0 N–H and O–H groups in total. The fourth-order valence-electron chi connectivity index (χ4n) is 0.941. The highest BCUT2D eigenvalue weighted by atomic mass is 35.5. The largest absolute Gasteiger partial charge is 0.118 e. The zero-order chi connectivity index (χ0) is 6.69. The number of halogens is 2. The van der Waals surface area contributed by atoms with E-state index in [9.17, 15) is 0 Å². The molecule has 2 atom stereocenters. The minimum Gasteiger partial charge on any atom is -0.118 e. The van der Waals surface area contributed by atoms with Gasteiger partial charge in [0.15, 0.2) is 0 Å². The van der Waals surface area contributed by atoms with E-state index in [1.165, 1.54) is 0 Å². The normalized spacial score (nSPS) is 36.2. The minimum absolute atomic E-state index is 0.216. The lowest BCUT2D eigenvalue weighted by molar-refractivity contribution is 0.725. The zero-order valence-corrected chi connectivity index (χ0v) is 6.70. The van der Waals surface area contributed by atoms with Gasteiger partial charge in [0.1, 0.15) is 0 Å². The predicted molar refractivity (Wildman–Crippen MR) is 42.3 cm³/mol. The first-order valence-electron chi connectivity index (χ1n) is 3.25. The molecule has 0 aromatic carbocycles. The fraction of sp³-hybridized carbons (Fsp3) is 0.714. The molecule has 1 aliphatic rings. The molecule has 0 heterocycles. The van der Waals surface area contributed by atoms with E-state index in [2.05, 4.69) is 0 Å². The summed E-state index contributed by atoms with van der Waals surface area (Å²) >= 11 is 11.7. The predicted octanol–water partition coefficient (Wildman–Crippen LogP) is 2.94. The lowest BCUT2D eigenvalue weighted by atomic mass is 10.2. The van der Waals surface area contributed by atoms with Crippen LogP contribution in [0, 0.1) is 0 Å². The molecule has 9 heavy (non-hydrogen) atoms. The van der Waals surface area contributed by atoms with Gasteiger partial charge >= 0.3 is 0 Å². The summed E-state index contributed by atoms with van der Waals surface area (Å²) in [4.78, 5) is 0. The summed E-state index contributed by atoms with van der Waals surface area (Å²) in [5.41, 5.74) is 0. The molecule has 0 bridgehead atoms. The van der Waals surface area contributed by atoms with Gasteiger partial charge in [0.25, 0.3) is 0 Å². The molecule has 0 radical (unpaired) electrons. The summed E-state index contributed by atoms with van der Waals surface area (Å²) in [6.45, 7) is 0. The molecule has 0 aromatic rings. The van der Waals surface area contributed by atoms with E-state index in [1.54, 1.807) is 0 Å². The van der Waals surface area contributed by atoms with E-state index in [-0.39, 0.29) is 10.8 Å². The molecule has 0 amide bonds. The molecule has 52 valence electrons.